The zero-order chi connectivity index (χ0) is 38.3. The van der Waals surface area contributed by atoms with Crippen molar-refractivity contribution in [2.75, 3.05) is 13.2 Å². The number of hydrogen-bond acceptors (Lipinski definition) is 6. The summed E-state index contributed by atoms with van der Waals surface area (Å²) in [6.45, 7) is 11.2. The minimum atomic E-state index is -0.759. The van der Waals surface area contributed by atoms with Crippen molar-refractivity contribution in [2.45, 2.75) is 253 Å². The van der Waals surface area contributed by atoms with Crippen molar-refractivity contribution in [2.24, 2.45) is 11.8 Å². The summed E-state index contributed by atoms with van der Waals surface area (Å²) in [7, 11) is 0. The molecule has 0 aliphatic carbocycles. The third kappa shape index (κ3) is 38.1. The second-order valence-electron chi connectivity index (χ2n) is 16.4. The van der Waals surface area contributed by atoms with Gasteiger partial charge in [-0.2, -0.15) is 0 Å². The van der Waals surface area contributed by atoms with Crippen molar-refractivity contribution >= 4 is 17.9 Å². The largest absolute Gasteiger partial charge is 0.462 e. The van der Waals surface area contributed by atoms with Gasteiger partial charge in [-0.05, 0) is 31.1 Å². The minimum absolute atomic E-state index is 0.0665. The Bertz CT molecular complexity index is 796. The van der Waals surface area contributed by atoms with E-state index in [9.17, 15) is 14.4 Å². The predicted octanol–water partition coefficient (Wildman–Crippen LogP) is 14.2. The van der Waals surface area contributed by atoms with E-state index in [1.54, 1.807) is 0 Å². The molecular formula is C46H88O6. The number of unbranched alkanes of at least 4 members (excludes halogenated alkanes) is 24. The fourth-order valence-electron chi connectivity index (χ4n) is 6.72. The van der Waals surface area contributed by atoms with Crippen LogP contribution in [0, 0.1) is 11.8 Å². The first-order chi connectivity index (χ1) is 25.3. The van der Waals surface area contributed by atoms with Crippen LogP contribution in [0.3, 0.4) is 0 Å². The summed E-state index contributed by atoms with van der Waals surface area (Å²) >= 11 is 0. The average Bonchev–Trinajstić information content (AvgIpc) is 3.12. The first-order valence-electron chi connectivity index (χ1n) is 22.8. The summed E-state index contributed by atoms with van der Waals surface area (Å²) in [6.07, 6.45) is 37.0. The van der Waals surface area contributed by atoms with Gasteiger partial charge in [0.1, 0.15) is 13.2 Å². The molecule has 0 saturated heterocycles. The summed E-state index contributed by atoms with van der Waals surface area (Å²) in [5, 5.41) is 0. The molecule has 308 valence electrons. The van der Waals surface area contributed by atoms with Gasteiger partial charge < -0.3 is 14.2 Å². The van der Waals surface area contributed by atoms with Crippen molar-refractivity contribution in [3.8, 4) is 0 Å². The fourth-order valence-corrected chi connectivity index (χ4v) is 6.72. The SMILES string of the molecule is CCCCCCCC(=O)OC[C@H](COC(=O)CCCCCCCCCCCCCCCCCCC(C)C)OC(=O)CCCCCCCCC(C)CC. The van der Waals surface area contributed by atoms with Gasteiger partial charge in [-0.15, -0.1) is 0 Å². The van der Waals surface area contributed by atoms with Crippen LogP contribution >= 0.6 is 0 Å². The van der Waals surface area contributed by atoms with Crippen LogP contribution in [-0.2, 0) is 28.6 Å². The molecule has 0 saturated carbocycles. The Hall–Kier alpha value is -1.59. The highest BCUT2D eigenvalue weighted by molar-refractivity contribution is 5.71. The Labute approximate surface area is 323 Å². The summed E-state index contributed by atoms with van der Waals surface area (Å²) in [5.41, 5.74) is 0. The number of rotatable bonds is 40. The zero-order valence-corrected chi connectivity index (χ0v) is 35.4. The van der Waals surface area contributed by atoms with E-state index in [1.165, 1.54) is 128 Å². The zero-order valence-electron chi connectivity index (χ0n) is 35.4. The van der Waals surface area contributed by atoms with Crippen molar-refractivity contribution in [3.63, 3.8) is 0 Å². The van der Waals surface area contributed by atoms with Gasteiger partial charge in [0.25, 0.3) is 0 Å². The number of carbonyl (C=O) groups is 3. The van der Waals surface area contributed by atoms with Gasteiger partial charge in [0.15, 0.2) is 6.10 Å². The molecule has 1 unspecified atom stereocenters. The van der Waals surface area contributed by atoms with E-state index >= 15 is 0 Å². The number of esters is 3. The maximum absolute atomic E-state index is 12.6. The highest BCUT2D eigenvalue weighted by atomic mass is 16.6. The molecule has 0 bridgehead atoms. The lowest BCUT2D eigenvalue weighted by molar-refractivity contribution is -0.167. The molecule has 2 atom stereocenters. The van der Waals surface area contributed by atoms with E-state index in [2.05, 4.69) is 34.6 Å². The second-order valence-corrected chi connectivity index (χ2v) is 16.4. The summed E-state index contributed by atoms with van der Waals surface area (Å²) in [4.78, 5) is 37.4. The molecule has 0 amide bonds. The van der Waals surface area contributed by atoms with E-state index in [1.807, 2.05) is 0 Å². The van der Waals surface area contributed by atoms with Crippen molar-refractivity contribution in [1.82, 2.24) is 0 Å². The molecule has 0 aliphatic heterocycles. The maximum Gasteiger partial charge on any atom is 0.306 e. The monoisotopic (exact) mass is 737 g/mol. The minimum Gasteiger partial charge on any atom is -0.462 e. The molecule has 0 aromatic carbocycles. The Kier molecular flexibility index (Phi) is 37.9. The lowest BCUT2D eigenvalue weighted by Gasteiger charge is -2.18. The van der Waals surface area contributed by atoms with Crippen molar-refractivity contribution in [1.29, 1.82) is 0 Å². The van der Waals surface area contributed by atoms with Crippen LogP contribution < -0.4 is 0 Å². The van der Waals surface area contributed by atoms with Crippen LogP contribution in [0.25, 0.3) is 0 Å². The van der Waals surface area contributed by atoms with E-state index < -0.39 is 6.10 Å². The van der Waals surface area contributed by atoms with Crippen LogP contribution in [0.5, 0.6) is 0 Å². The molecule has 0 radical (unpaired) electrons. The number of carbonyl (C=O) groups excluding carboxylic acids is 3. The lowest BCUT2D eigenvalue weighted by atomic mass is 10.00. The fraction of sp³-hybridized carbons (Fsp3) is 0.935. The van der Waals surface area contributed by atoms with Gasteiger partial charge in [0.05, 0.1) is 0 Å². The van der Waals surface area contributed by atoms with Gasteiger partial charge in [0.2, 0.25) is 0 Å². The summed E-state index contributed by atoms with van der Waals surface area (Å²) in [5.74, 6) is 0.788. The Morgan fingerprint density at radius 2 is 0.731 bits per heavy atom. The molecule has 0 aromatic rings. The summed E-state index contributed by atoms with van der Waals surface area (Å²) < 4.78 is 16.6. The first-order valence-corrected chi connectivity index (χ1v) is 22.8. The second kappa shape index (κ2) is 39.1. The van der Waals surface area contributed by atoms with Crippen LogP contribution in [-0.4, -0.2) is 37.2 Å². The van der Waals surface area contributed by atoms with Crippen LogP contribution in [0.1, 0.15) is 247 Å². The molecule has 0 N–H and O–H groups in total. The van der Waals surface area contributed by atoms with Crippen molar-refractivity contribution < 1.29 is 28.6 Å². The molecule has 0 aliphatic rings. The molecular weight excluding hydrogens is 649 g/mol. The molecule has 6 heteroatoms. The first kappa shape index (κ1) is 50.4. The lowest BCUT2D eigenvalue weighted by Crippen LogP contribution is -2.30. The molecule has 0 aromatic heterocycles. The van der Waals surface area contributed by atoms with Gasteiger partial charge in [-0.3, -0.25) is 14.4 Å². The van der Waals surface area contributed by atoms with Crippen LogP contribution in [0.4, 0.5) is 0 Å². The van der Waals surface area contributed by atoms with E-state index in [-0.39, 0.29) is 31.1 Å². The van der Waals surface area contributed by atoms with E-state index in [0.29, 0.717) is 19.3 Å². The van der Waals surface area contributed by atoms with Crippen LogP contribution in [0.2, 0.25) is 0 Å². The molecule has 0 spiro atoms. The quantitative estimate of drug-likeness (QED) is 0.0354. The third-order valence-corrected chi connectivity index (χ3v) is 10.6. The molecule has 52 heavy (non-hydrogen) atoms. The standard InChI is InChI=1S/C46H88O6/c1-6-8-9-24-31-36-44(47)50-39-43(52-46(49)38-33-28-23-22-26-30-35-42(5)7-2)40-51-45(48)37-32-27-21-19-17-15-13-11-10-12-14-16-18-20-25-29-34-41(3)4/h41-43H,6-40H2,1-5H3/t42?,43-/m1/s1. The molecule has 6 nitrogen and oxygen atoms in total. The average molecular weight is 737 g/mol. The molecule has 0 rings (SSSR count). The van der Waals surface area contributed by atoms with Gasteiger partial charge in [-0.1, -0.05) is 208 Å². The third-order valence-electron chi connectivity index (χ3n) is 10.6. The molecule has 0 heterocycles. The van der Waals surface area contributed by atoms with Crippen molar-refractivity contribution in [3.05, 3.63) is 0 Å². The highest BCUT2D eigenvalue weighted by Gasteiger charge is 2.19. The maximum atomic E-state index is 12.6. The van der Waals surface area contributed by atoms with Gasteiger partial charge in [0, 0.05) is 19.3 Å². The number of ether oxygens (including phenoxy) is 3. The van der Waals surface area contributed by atoms with Gasteiger partial charge >= 0.3 is 17.9 Å². The highest BCUT2D eigenvalue weighted by Crippen LogP contribution is 2.17. The molecule has 0 fully saturated rings. The van der Waals surface area contributed by atoms with E-state index in [0.717, 1.165) is 76.0 Å². The Morgan fingerprint density at radius 3 is 1.10 bits per heavy atom. The smallest absolute Gasteiger partial charge is 0.306 e. The predicted molar refractivity (Wildman–Crippen MR) is 220 cm³/mol. The summed E-state index contributed by atoms with van der Waals surface area (Å²) in [6, 6.07) is 0. The Balaban J connectivity index is 4.10. The normalized spacial score (nSPS) is 12.6. The number of hydrogen-bond donors (Lipinski definition) is 0. The van der Waals surface area contributed by atoms with E-state index in [4.69, 9.17) is 14.2 Å². The topological polar surface area (TPSA) is 78.9 Å². The Morgan fingerprint density at radius 1 is 0.404 bits per heavy atom. The van der Waals surface area contributed by atoms with Gasteiger partial charge in [-0.25, -0.2) is 0 Å². The van der Waals surface area contributed by atoms with Crippen LogP contribution in [0.15, 0.2) is 0 Å².